The molecule has 0 aromatic heterocycles. The van der Waals surface area contributed by atoms with Gasteiger partial charge in [-0.2, -0.15) is 0 Å². The van der Waals surface area contributed by atoms with E-state index in [1.165, 1.54) is 12.1 Å². The van der Waals surface area contributed by atoms with Crippen LogP contribution in [0.2, 0.25) is 0 Å². The number of anilines is 1. The van der Waals surface area contributed by atoms with Crippen LogP contribution in [0, 0.1) is 5.82 Å². The fraction of sp³-hybridized carbons (Fsp3) is 0.429. The highest BCUT2D eigenvalue weighted by atomic mass is 32.2. The van der Waals surface area contributed by atoms with Crippen molar-refractivity contribution in [3.05, 3.63) is 47.8 Å². The Bertz CT molecular complexity index is 962. The summed E-state index contributed by atoms with van der Waals surface area (Å²) in [4.78, 5) is 2.16. The summed E-state index contributed by atoms with van der Waals surface area (Å²) in [6.45, 7) is 5.56. The molecule has 9 heteroatoms. The second-order valence-electron chi connectivity index (χ2n) is 7.13. The van der Waals surface area contributed by atoms with Crippen LogP contribution in [0.4, 0.5) is 10.1 Å². The van der Waals surface area contributed by atoms with Crippen LogP contribution in [0.5, 0.6) is 17.2 Å². The summed E-state index contributed by atoms with van der Waals surface area (Å²) in [6.07, 6.45) is 1.23. The number of hydrogen-bond donors (Lipinski definition) is 2. The van der Waals surface area contributed by atoms with Gasteiger partial charge in [-0.15, -0.1) is 0 Å². The lowest BCUT2D eigenvalue weighted by molar-refractivity contribution is 0.0381. The minimum Gasteiger partial charge on any atom is -0.504 e. The molecule has 0 unspecified atom stereocenters. The molecule has 0 saturated carbocycles. The summed E-state index contributed by atoms with van der Waals surface area (Å²) < 4.78 is 52.1. The first-order valence-electron chi connectivity index (χ1n) is 9.96. The third kappa shape index (κ3) is 6.32. The molecule has 2 aromatic rings. The molecule has 1 saturated heterocycles. The van der Waals surface area contributed by atoms with E-state index in [0.717, 1.165) is 31.1 Å². The normalized spacial score (nSPS) is 15.1. The zero-order chi connectivity index (χ0) is 21.6. The summed E-state index contributed by atoms with van der Waals surface area (Å²) in [5.41, 5.74) is 1.05. The van der Waals surface area contributed by atoms with Crippen molar-refractivity contribution in [2.45, 2.75) is 19.8 Å². The molecule has 1 aliphatic rings. The van der Waals surface area contributed by atoms with Crippen LogP contribution < -0.4 is 9.46 Å². The quantitative estimate of drug-likeness (QED) is 0.624. The number of phenolic OH excluding ortho intramolecular Hbond substituents is 1. The standard InChI is InChI=1S/C21H27FN2O5S/c1-2-16-4-6-21(19(25)14-16)29-20-7-5-17(15-18(20)22)23-30(26,27)13-3-8-24-9-11-28-12-10-24/h4-7,14-15,23,25H,2-3,8-13H2,1H3. The van der Waals surface area contributed by atoms with Crippen molar-refractivity contribution < 1.29 is 27.4 Å². The van der Waals surface area contributed by atoms with E-state index in [2.05, 4.69) is 9.62 Å². The summed E-state index contributed by atoms with van der Waals surface area (Å²) in [5.74, 6) is -0.851. The predicted molar refractivity (Wildman–Crippen MR) is 113 cm³/mol. The largest absolute Gasteiger partial charge is 0.504 e. The Labute approximate surface area is 176 Å². The van der Waals surface area contributed by atoms with Crippen LogP contribution in [0.25, 0.3) is 0 Å². The molecule has 7 nitrogen and oxygen atoms in total. The number of aryl methyl sites for hydroxylation is 1. The molecule has 0 spiro atoms. The number of phenols is 1. The van der Waals surface area contributed by atoms with Gasteiger partial charge in [-0.3, -0.25) is 9.62 Å². The Hall–Kier alpha value is -2.36. The number of halogens is 1. The first-order valence-corrected chi connectivity index (χ1v) is 11.6. The molecule has 0 aliphatic carbocycles. The van der Waals surface area contributed by atoms with E-state index in [0.29, 0.717) is 26.2 Å². The Kier molecular flexibility index (Phi) is 7.52. The highest BCUT2D eigenvalue weighted by Crippen LogP contribution is 2.33. The molecule has 1 fully saturated rings. The number of hydrogen-bond acceptors (Lipinski definition) is 6. The van der Waals surface area contributed by atoms with Crippen LogP contribution in [0.3, 0.4) is 0 Å². The lowest BCUT2D eigenvalue weighted by Gasteiger charge is -2.26. The van der Waals surface area contributed by atoms with Gasteiger partial charge in [0.2, 0.25) is 10.0 Å². The Morgan fingerprint density at radius 1 is 1.17 bits per heavy atom. The van der Waals surface area contributed by atoms with E-state index in [-0.39, 0.29) is 28.7 Å². The molecule has 30 heavy (non-hydrogen) atoms. The van der Waals surface area contributed by atoms with Crippen molar-refractivity contribution in [2.24, 2.45) is 0 Å². The monoisotopic (exact) mass is 438 g/mol. The number of nitrogens with zero attached hydrogens (tertiary/aromatic N) is 1. The Morgan fingerprint density at radius 3 is 2.57 bits per heavy atom. The zero-order valence-electron chi connectivity index (χ0n) is 16.9. The third-order valence-electron chi connectivity index (χ3n) is 4.85. The van der Waals surface area contributed by atoms with Crippen molar-refractivity contribution in [1.82, 2.24) is 4.90 Å². The molecule has 0 radical (unpaired) electrons. The van der Waals surface area contributed by atoms with E-state index < -0.39 is 15.8 Å². The van der Waals surface area contributed by atoms with Crippen molar-refractivity contribution in [3.8, 4) is 17.2 Å². The third-order valence-corrected chi connectivity index (χ3v) is 6.22. The minimum atomic E-state index is -3.59. The average Bonchev–Trinajstić information content (AvgIpc) is 2.71. The van der Waals surface area contributed by atoms with Crippen LogP contribution in [0.1, 0.15) is 18.9 Å². The van der Waals surface area contributed by atoms with Crippen molar-refractivity contribution in [2.75, 3.05) is 43.3 Å². The number of ether oxygens (including phenoxy) is 2. The van der Waals surface area contributed by atoms with Gasteiger partial charge < -0.3 is 14.6 Å². The van der Waals surface area contributed by atoms with Crippen LogP contribution in [-0.4, -0.2) is 57.0 Å². The highest BCUT2D eigenvalue weighted by Gasteiger charge is 2.16. The van der Waals surface area contributed by atoms with Gasteiger partial charge in [0.1, 0.15) is 0 Å². The van der Waals surface area contributed by atoms with E-state index >= 15 is 0 Å². The van der Waals surface area contributed by atoms with E-state index in [1.807, 2.05) is 6.92 Å². The SMILES string of the molecule is CCc1ccc(Oc2ccc(NS(=O)(=O)CCCN3CCOCC3)cc2F)c(O)c1. The van der Waals surface area contributed by atoms with E-state index in [9.17, 15) is 17.9 Å². The van der Waals surface area contributed by atoms with Gasteiger partial charge in [0.05, 0.1) is 24.7 Å². The topological polar surface area (TPSA) is 88.1 Å². The first kappa shape index (κ1) is 22.3. The van der Waals surface area contributed by atoms with Gasteiger partial charge in [0.25, 0.3) is 0 Å². The maximum Gasteiger partial charge on any atom is 0.232 e. The number of nitrogens with one attached hydrogen (secondary N) is 1. The number of rotatable bonds is 9. The molecule has 2 aromatic carbocycles. The van der Waals surface area contributed by atoms with Gasteiger partial charge in [-0.05, 0) is 49.2 Å². The maximum absolute atomic E-state index is 14.4. The van der Waals surface area contributed by atoms with Gasteiger partial charge in [0.15, 0.2) is 23.1 Å². The molecular weight excluding hydrogens is 411 g/mol. The van der Waals surface area contributed by atoms with Gasteiger partial charge in [0, 0.05) is 19.2 Å². The van der Waals surface area contributed by atoms with Crippen LogP contribution >= 0.6 is 0 Å². The lowest BCUT2D eigenvalue weighted by atomic mass is 10.1. The Balaban J connectivity index is 1.57. The lowest BCUT2D eigenvalue weighted by Crippen LogP contribution is -2.37. The zero-order valence-corrected chi connectivity index (χ0v) is 17.8. The molecule has 1 heterocycles. The summed E-state index contributed by atoms with van der Waals surface area (Å²) in [6, 6.07) is 8.73. The molecule has 164 valence electrons. The molecule has 0 amide bonds. The molecule has 3 rings (SSSR count). The molecule has 0 bridgehead atoms. The highest BCUT2D eigenvalue weighted by molar-refractivity contribution is 7.92. The number of benzene rings is 2. The Morgan fingerprint density at radius 2 is 1.90 bits per heavy atom. The van der Waals surface area contributed by atoms with Crippen LogP contribution in [0.15, 0.2) is 36.4 Å². The van der Waals surface area contributed by atoms with Crippen molar-refractivity contribution >= 4 is 15.7 Å². The predicted octanol–water partition coefficient (Wildman–Crippen LogP) is 3.35. The average molecular weight is 439 g/mol. The number of sulfonamides is 1. The van der Waals surface area contributed by atoms with E-state index in [4.69, 9.17) is 9.47 Å². The second-order valence-corrected chi connectivity index (χ2v) is 8.97. The van der Waals surface area contributed by atoms with Gasteiger partial charge in [-0.25, -0.2) is 12.8 Å². The van der Waals surface area contributed by atoms with E-state index in [1.54, 1.807) is 18.2 Å². The molecule has 0 atom stereocenters. The fourth-order valence-corrected chi connectivity index (χ4v) is 4.27. The van der Waals surface area contributed by atoms with Crippen LogP contribution in [-0.2, 0) is 21.2 Å². The second kappa shape index (κ2) is 10.1. The van der Waals surface area contributed by atoms with Crippen molar-refractivity contribution in [1.29, 1.82) is 0 Å². The molecule has 1 aliphatic heterocycles. The molecule has 2 N–H and O–H groups in total. The summed E-state index contributed by atoms with van der Waals surface area (Å²) in [5, 5.41) is 10.0. The summed E-state index contributed by atoms with van der Waals surface area (Å²) in [7, 11) is -3.59. The fourth-order valence-electron chi connectivity index (χ4n) is 3.17. The number of aromatic hydroxyl groups is 1. The molecular formula is C21H27FN2O5S. The van der Waals surface area contributed by atoms with Gasteiger partial charge in [-0.1, -0.05) is 13.0 Å². The minimum absolute atomic E-state index is 0.0537. The number of morpholine rings is 1. The summed E-state index contributed by atoms with van der Waals surface area (Å²) >= 11 is 0. The van der Waals surface area contributed by atoms with Gasteiger partial charge >= 0.3 is 0 Å². The van der Waals surface area contributed by atoms with Crippen molar-refractivity contribution in [3.63, 3.8) is 0 Å². The maximum atomic E-state index is 14.4. The first-order chi connectivity index (χ1) is 14.4. The smallest absolute Gasteiger partial charge is 0.232 e.